The molecule has 104 valence electrons. The van der Waals surface area contributed by atoms with Crippen molar-refractivity contribution < 1.29 is 0 Å². The van der Waals surface area contributed by atoms with E-state index in [4.69, 9.17) is 5.73 Å². The van der Waals surface area contributed by atoms with E-state index >= 15 is 0 Å². The maximum atomic E-state index is 6.15. The molecule has 0 saturated carbocycles. The zero-order valence-corrected chi connectivity index (χ0v) is 12.5. The topological polar surface area (TPSA) is 55.9 Å². The summed E-state index contributed by atoms with van der Waals surface area (Å²) in [5, 5.41) is 7.97. The highest BCUT2D eigenvalue weighted by Crippen LogP contribution is 2.24. The van der Waals surface area contributed by atoms with Crippen molar-refractivity contribution in [3.8, 4) is 0 Å². The van der Waals surface area contributed by atoms with Crippen molar-refractivity contribution in [3.63, 3.8) is 0 Å². The predicted octanol–water partition coefficient (Wildman–Crippen LogP) is 3.19. The van der Waals surface area contributed by atoms with Gasteiger partial charge in [0.25, 0.3) is 0 Å². The molecule has 4 nitrogen and oxygen atoms in total. The van der Waals surface area contributed by atoms with Gasteiger partial charge in [0.2, 0.25) is 0 Å². The number of aryl methyl sites for hydroxylation is 2. The first kappa shape index (κ1) is 14.9. The standard InChI is InChI=1S/C14H28N4/c1-6-7-12-13(15)14(18(5)17-12)16-11(4)9-8-10(2)3/h10-11,16H,6-9,15H2,1-5H3. The summed E-state index contributed by atoms with van der Waals surface area (Å²) in [5.41, 5.74) is 7.98. The van der Waals surface area contributed by atoms with Gasteiger partial charge < -0.3 is 11.1 Å². The normalized spacial score (nSPS) is 13.0. The lowest BCUT2D eigenvalue weighted by Gasteiger charge is -2.16. The van der Waals surface area contributed by atoms with E-state index in [2.05, 4.69) is 38.1 Å². The minimum atomic E-state index is 0.430. The Labute approximate surface area is 111 Å². The average Bonchev–Trinajstić information content (AvgIpc) is 2.55. The molecule has 1 rings (SSSR count). The second-order valence-corrected chi connectivity index (χ2v) is 5.60. The number of nitrogens with zero attached hydrogens (tertiary/aromatic N) is 2. The number of aromatic nitrogens is 2. The van der Waals surface area contributed by atoms with Gasteiger partial charge in [-0.05, 0) is 32.1 Å². The van der Waals surface area contributed by atoms with Crippen LogP contribution in [-0.2, 0) is 13.5 Å². The van der Waals surface area contributed by atoms with Crippen molar-refractivity contribution in [2.45, 2.75) is 59.4 Å². The van der Waals surface area contributed by atoms with E-state index < -0.39 is 0 Å². The second-order valence-electron chi connectivity index (χ2n) is 5.60. The van der Waals surface area contributed by atoms with E-state index in [9.17, 15) is 0 Å². The molecule has 0 amide bonds. The molecule has 1 aromatic rings. The molecule has 4 heteroatoms. The third kappa shape index (κ3) is 3.93. The summed E-state index contributed by atoms with van der Waals surface area (Å²) in [7, 11) is 1.95. The minimum Gasteiger partial charge on any atom is -0.394 e. The predicted molar refractivity (Wildman–Crippen MR) is 78.8 cm³/mol. The van der Waals surface area contributed by atoms with Crippen molar-refractivity contribution in [1.82, 2.24) is 9.78 Å². The van der Waals surface area contributed by atoms with Crippen molar-refractivity contribution in [2.75, 3.05) is 11.1 Å². The Kier molecular flexibility index (Phi) is 5.51. The maximum Gasteiger partial charge on any atom is 0.147 e. The van der Waals surface area contributed by atoms with Crippen LogP contribution < -0.4 is 11.1 Å². The summed E-state index contributed by atoms with van der Waals surface area (Å²) in [6.45, 7) is 8.86. The van der Waals surface area contributed by atoms with Crippen molar-refractivity contribution >= 4 is 11.5 Å². The molecule has 0 aliphatic rings. The van der Waals surface area contributed by atoms with Gasteiger partial charge in [-0.15, -0.1) is 0 Å². The molecule has 1 unspecified atom stereocenters. The van der Waals surface area contributed by atoms with Crippen molar-refractivity contribution in [2.24, 2.45) is 13.0 Å². The number of nitrogens with two attached hydrogens (primary N) is 1. The van der Waals surface area contributed by atoms with E-state index in [-0.39, 0.29) is 0 Å². The first-order valence-corrected chi connectivity index (χ1v) is 7.03. The molecule has 0 radical (unpaired) electrons. The molecule has 0 fully saturated rings. The van der Waals surface area contributed by atoms with Crippen LogP contribution in [0.1, 0.15) is 52.7 Å². The molecule has 3 N–H and O–H groups in total. The fraction of sp³-hybridized carbons (Fsp3) is 0.786. The molecular weight excluding hydrogens is 224 g/mol. The highest BCUT2D eigenvalue weighted by atomic mass is 15.3. The van der Waals surface area contributed by atoms with Crippen LogP contribution in [-0.4, -0.2) is 15.8 Å². The lowest BCUT2D eigenvalue weighted by molar-refractivity contribution is 0.525. The Bertz CT molecular complexity index is 368. The van der Waals surface area contributed by atoms with Crippen molar-refractivity contribution in [1.29, 1.82) is 0 Å². The van der Waals surface area contributed by atoms with Crippen LogP contribution in [0.25, 0.3) is 0 Å². The number of nitrogen functional groups attached to an aromatic ring is 1. The molecule has 1 heterocycles. The molecule has 0 aliphatic carbocycles. The lowest BCUT2D eigenvalue weighted by Crippen LogP contribution is -2.18. The zero-order valence-electron chi connectivity index (χ0n) is 12.5. The first-order valence-electron chi connectivity index (χ1n) is 7.03. The van der Waals surface area contributed by atoms with Gasteiger partial charge in [-0.2, -0.15) is 5.10 Å². The molecule has 0 spiro atoms. The maximum absolute atomic E-state index is 6.15. The van der Waals surface area contributed by atoms with E-state index in [1.807, 2.05) is 11.7 Å². The molecule has 0 aromatic carbocycles. The Morgan fingerprint density at radius 3 is 2.50 bits per heavy atom. The van der Waals surface area contributed by atoms with Gasteiger partial charge in [0, 0.05) is 13.1 Å². The van der Waals surface area contributed by atoms with Gasteiger partial charge >= 0.3 is 0 Å². The summed E-state index contributed by atoms with van der Waals surface area (Å²) in [6.07, 6.45) is 4.41. The highest BCUT2D eigenvalue weighted by Gasteiger charge is 2.14. The Morgan fingerprint density at radius 1 is 1.28 bits per heavy atom. The number of nitrogens with one attached hydrogen (secondary N) is 1. The Balaban J connectivity index is 2.66. The molecule has 0 bridgehead atoms. The minimum absolute atomic E-state index is 0.430. The largest absolute Gasteiger partial charge is 0.394 e. The third-order valence-corrected chi connectivity index (χ3v) is 3.21. The van der Waals surface area contributed by atoms with Crippen LogP contribution in [0, 0.1) is 5.92 Å². The summed E-state index contributed by atoms with van der Waals surface area (Å²) >= 11 is 0. The van der Waals surface area contributed by atoms with Crippen molar-refractivity contribution in [3.05, 3.63) is 5.69 Å². The molecular formula is C14H28N4. The van der Waals surface area contributed by atoms with E-state index in [1.54, 1.807) is 0 Å². The summed E-state index contributed by atoms with van der Waals surface area (Å²) < 4.78 is 1.87. The van der Waals surface area contributed by atoms with Gasteiger partial charge in [0.05, 0.1) is 11.4 Å². The number of hydrogen-bond acceptors (Lipinski definition) is 3. The monoisotopic (exact) mass is 252 g/mol. The van der Waals surface area contributed by atoms with Gasteiger partial charge in [-0.1, -0.05) is 27.2 Å². The molecule has 1 aromatic heterocycles. The zero-order chi connectivity index (χ0) is 13.7. The van der Waals surface area contributed by atoms with Crippen LogP contribution in [0.2, 0.25) is 0 Å². The number of rotatable bonds is 7. The van der Waals surface area contributed by atoms with Gasteiger partial charge in [-0.25, -0.2) is 0 Å². The average molecular weight is 252 g/mol. The summed E-state index contributed by atoms with van der Waals surface area (Å²) in [6, 6.07) is 0.430. The van der Waals surface area contributed by atoms with Gasteiger partial charge in [0.1, 0.15) is 5.82 Å². The lowest BCUT2D eigenvalue weighted by atomic mass is 10.0. The highest BCUT2D eigenvalue weighted by molar-refractivity contribution is 5.65. The molecule has 1 atom stereocenters. The second kappa shape index (κ2) is 6.66. The Hall–Kier alpha value is -1.19. The summed E-state index contributed by atoms with van der Waals surface area (Å²) in [5.74, 6) is 1.71. The van der Waals surface area contributed by atoms with E-state index in [0.717, 1.165) is 42.4 Å². The van der Waals surface area contributed by atoms with Gasteiger partial charge in [0.15, 0.2) is 0 Å². The van der Waals surface area contributed by atoms with Crippen LogP contribution in [0.5, 0.6) is 0 Å². The molecule has 0 saturated heterocycles. The van der Waals surface area contributed by atoms with E-state index in [1.165, 1.54) is 6.42 Å². The Morgan fingerprint density at radius 2 is 1.94 bits per heavy atom. The first-order chi connectivity index (χ1) is 8.45. The van der Waals surface area contributed by atoms with Crippen LogP contribution >= 0.6 is 0 Å². The van der Waals surface area contributed by atoms with Crippen LogP contribution in [0.15, 0.2) is 0 Å². The van der Waals surface area contributed by atoms with Crippen LogP contribution in [0.3, 0.4) is 0 Å². The molecule has 0 aliphatic heterocycles. The fourth-order valence-corrected chi connectivity index (χ4v) is 2.08. The smallest absolute Gasteiger partial charge is 0.147 e. The third-order valence-electron chi connectivity index (χ3n) is 3.21. The number of hydrogen-bond donors (Lipinski definition) is 2. The SMILES string of the molecule is CCCc1nn(C)c(NC(C)CCC(C)C)c1N. The summed E-state index contributed by atoms with van der Waals surface area (Å²) in [4.78, 5) is 0. The fourth-order valence-electron chi connectivity index (χ4n) is 2.08. The molecule has 18 heavy (non-hydrogen) atoms. The number of anilines is 2. The van der Waals surface area contributed by atoms with Gasteiger partial charge in [-0.3, -0.25) is 4.68 Å². The van der Waals surface area contributed by atoms with Crippen LogP contribution in [0.4, 0.5) is 11.5 Å². The van der Waals surface area contributed by atoms with E-state index in [0.29, 0.717) is 6.04 Å². The quantitative estimate of drug-likeness (QED) is 0.783.